The molecule has 0 atom stereocenters. The number of hydrogen-bond acceptors (Lipinski definition) is 1. The number of rotatable bonds is 2. The van der Waals surface area contributed by atoms with Gasteiger partial charge in [0.1, 0.15) is 0 Å². The van der Waals surface area contributed by atoms with E-state index in [2.05, 4.69) is 30.6 Å². The van der Waals surface area contributed by atoms with Crippen LogP contribution in [0.4, 0.5) is 0 Å². The van der Waals surface area contributed by atoms with Crippen molar-refractivity contribution in [1.82, 2.24) is 9.80 Å². The maximum Gasteiger partial charge on any atom is 0.171 e. The van der Waals surface area contributed by atoms with Crippen LogP contribution in [-0.4, -0.2) is 40.6 Å². The number of thiocarbonyl (C=S) groups is 1. The maximum atomic E-state index is 5.46. The van der Waals surface area contributed by atoms with Gasteiger partial charge in [0, 0.05) is 25.7 Å². The fourth-order valence-electron chi connectivity index (χ4n) is 1.73. The minimum absolute atomic E-state index is 0.541. The normalized spacial score (nSPS) is 19.5. The summed E-state index contributed by atoms with van der Waals surface area (Å²) in [4.78, 5) is 4.65. The van der Waals surface area contributed by atoms with E-state index in [1.807, 2.05) is 0 Å². The molecule has 1 saturated heterocycles. The standard InChI is InChI=1S/C10H20N2S/c1-4-11-7-5-6-8-12(9(2)3)10(11)13/h9H,4-8H2,1-3H3. The van der Waals surface area contributed by atoms with Gasteiger partial charge < -0.3 is 9.80 Å². The van der Waals surface area contributed by atoms with Crippen molar-refractivity contribution in [3.05, 3.63) is 0 Å². The van der Waals surface area contributed by atoms with Crippen LogP contribution in [0.3, 0.4) is 0 Å². The second-order valence-corrected chi connectivity index (χ2v) is 4.22. The Morgan fingerprint density at radius 1 is 1.31 bits per heavy atom. The van der Waals surface area contributed by atoms with Crippen molar-refractivity contribution in [2.75, 3.05) is 19.6 Å². The van der Waals surface area contributed by atoms with Gasteiger partial charge in [0.05, 0.1) is 0 Å². The number of hydrogen-bond donors (Lipinski definition) is 0. The lowest BCUT2D eigenvalue weighted by molar-refractivity contribution is 0.323. The lowest BCUT2D eigenvalue weighted by Gasteiger charge is -2.32. The molecule has 1 rings (SSSR count). The van der Waals surface area contributed by atoms with Gasteiger partial charge in [0.15, 0.2) is 5.11 Å². The van der Waals surface area contributed by atoms with Gasteiger partial charge in [-0.15, -0.1) is 0 Å². The summed E-state index contributed by atoms with van der Waals surface area (Å²) in [6, 6.07) is 0.541. The Balaban J connectivity index is 2.67. The van der Waals surface area contributed by atoms with Crippen molar-refractivity contribution in [3.8, 4) is 0 Å². The molecule has 0 aliphatic carbocycles. The molecule has 1 heterocycles. The molecule has 0 aromatic carbocycles. The highest BCUT2D eigenvalue weighted by atomic mass is 32.1. The molecule has 0 N–H and O–H groups in total. The summed E-state index contributed by atoms with van der Waals surface area (Å²) in [5, 5.41) is 1.05. The molecule has 1 fully saturated rings. The molecule has 0 aromatic rings. The summed E-state index contributed by atoms with van der Waals surface area (Å²) < 4.78 is 0. The average molecular weight is 200 g/mol. The minimum atomic E-state index is 0.541. The number of nitrogens with zero attached hydrogens (tertiary/aromatic N) is 2. The molecule has 0 unspecified atom stereocenters. The van der Waals surface area contributed by atoms with E-state index in [0.717, 1.165) is 24.7 Å². The molecule has 1 aliphatic heterocycles. The maximum absolute atomic E-state index is 5.46. The molecule has 1 aliphatic rings. The van der Waals surface area contributed by atoms with Crippen LogP contribution < -0.4 is 0 Å². The molecule has 3 heteroatoms. The predicted molar refractivity (Wildman–Crippen MR) is 60.9 cm³/mol. The summed E-state index contributed by atoms with van der Waals surface area (Å²) in [7, 11) is 0. The van der Waals surface area contributed by atoms with Crippen LogP contribution >= 0.6 is 12.2 Å². The third-order valence-corrected chi connectivity index (χ3v) is 3.09. The third-order valence-electron chi connectivity index (χ3n) is 2.60. The van der Waals surface area contributed by atoms with Gasteiger partial charge >= 0.3 is 0 Å². The minimum Gasteiger partial charge on any atom is -0.349 e. The Kier molecular flexibility index (Phi) is 3.97. The topological polar surface area (TPSA) is 6.48 Å². The zero-order chi connectivity index (χ0) is 9.84. The molecule has 0 radical (unpaired) electrons. The van der Waals surface area contributed by atoms with Crippen LogP contribution in [0.1, 0.15) is 33.6 Å². The predicted octanol–water partition coefficient (Wildman–Crippen LogP) is 2.10. The van der Waals surface area contributed by atoms with E-state index in [9.17, 15) is 0 Å². The van der Waals surface area contributed by atoms with Crippen LogP contribution in [0.5, 0.6) is 0 Å². The summed E-state index contributed by atoms with van der Waals surface area (Å²) in [5.74, 6) is 0. The van der Waals surface area contributed by atoms with Crippen LogP contribution in [0.25, 0.3) is 0 Å². The Bertz CT molecular complexity index is 180. The summed E-state index contributed by atoms with van der Waals surface area (Å²) in [6.07, 6.45) is 2.55. The molecule has 13 heavy (non-hydrogen) atoms. The van der Waals surface area contributed by atoms with Crippen molar-refractivity contribution < 1.29 is 0 Å². The summed E-state index contributed by atoms with van der Waals surface area (Å²) in [5.41, 5.74) is 0. The van der Waals surface area contributed by atoms with Crippen LogP contribution in [0.2, 0.25) is 0 Å². The van der Waals surface area contributed by atoms with Crippen molar-refractivity contribution in [3.63, 3.8) is 0 Å². The molecule has 0 bridgehead atoms. The van der Waals surface area contributed by atoms with Gasteiger partial charge in [0.25, 0.3) is 0 Å². The van der Waals surface area contributed by atoms with Crippen molar-refractivity contribution in [2.24, 2.45) is 0 Å². The average Bonchev–Trinajstić information content (AvgIpc) is 2.26. The van der Waals surface area contributed by atoms with Gasteiger partial charge in [0.2, 0.25) is 0 Å². The fraction of sp³-hybridized carbons (Fsp3) is 0.900. The summed E-state index contributed by atoms with van der Waals surface area (Å²) >= 11 is 5.46. The van der Waals surface area contributed by atoms with E-state index < -0.39 is 0 Å². The first-order valence-corrected chi connectivity index (χ1v) is 5.63. The highest BCUT2D eigenvalue weighted by molar-refractivity contribution is 7.80. The van der Waals surface area contributed by atoms with E-state index in [1.54, 1.807) is 0 Å². The van der Waals surface area contributed by atoms with E-state index >= 15 is 0 Å². The second kappa shape index (κ2) is 4.80. The second-order valence-electron chi connectivity index (χ2n) is 3.86. The highest BCUT2D eigenvalue weighted by Gasteiger charge is 2.20. The fourth-order valence-corrected chi connectivity index (χ4v) is 2.25. The van der Waals surface area contributed by atoms with Gasteiger partial charge in [-0.2, -0.15) is 0 Å². The van der Waals surface area contributed by atoms with Crippen molar-refractivity contribution in [2.45, 2.75) is 39.7 Å². The third kappa shape index (κ3) is 2.56. The van der Waals surface area contributed by atoms with E-state index in [4.69, 9.17) is 12.2 Å². The van der Waals surface area contributed by atoms with E-state index in [-0.39, 0.29) is 0 Å². The van der Waals surface area contributed by atoms with Gasteiger partial charge in [-0.3, -0.25) is 0 Å². The lowest BCUT2D eigenvalue weighted by Crippen LogP contribution is -2.44. The Morgan fingerprint density at radius 3 is 2.46 bits per heavy atom. The Labute approximate surface area is 86.9 Å². The monoisotopic (exact) mass is 200 g/mol. The molecule has 0 amide bonds. The quantitative estimate of drug-likeness (QED) is 0.630. The van der Waals surface area contributed by atoms with E-state index in [1.165, 1.54) is 12.8 Å². The molecule has 0 spiro atoms. The zero-order valence-corrected chi connectivity index (χ0v) is 9.73. The van der Waals surface area contributed by atoms with Gasteiger partial charge in [-0.05, 0) is 45.8 Å². The largest absolute Gasteiger partial charge is 0.349 e. The Hall–Kier alpha value is -0.310. The first-order valence-electron chi connectivity index (χ1n) is 5.22. The van der Waals surface area contributed by atoms with Gasteiger partial charge in [-0.25, -0.2) is 0 Å². The van der Waals surface area contributed by atoms with Crippen molar-refractivity contribution in [1.29, 1.82) is 0 Å². The molecule has 0 saturated carbocycles. The zero-order valence-electron chi connectivity index (χ0n) is 8.92. The molecule has 76 valence electrons. The first-order chi connectivity index (χ1) is 6.16. The van der Waals surface area contributed by atoms with Crippen LogP contribution in [0, 0.1) is 0 Å². The Morgan fingerprint density at radius 2 is 1.92 bits per heavy atom. The molecule has 0 aromatic heterocycles. The first kappa shape index (κ1) is 10.8. The lowest BCUT2D eigenvalue weighted by atomic mass is 10.3. The van der Waals surface area contributed by atoms with Crippen LogP contribution in [0.15, 0.2) is 0 Å². The molecular formula is C10H20N2S. The van der Waals surface area contributed by atoms with E-state index in [0.29, 0.717) is 6.04 Å². The van der Waals surface area contributed by atoms with Crippen molar-refractivity contribution >= 4 is 17.3 Å². The molecule has 2 nitrogen and oxygen atoms in total. The van der Waals surface area contributed by atoms with Gasteiger partial charge in [-0.1, -0.05) is 0 Å². The summed E-state index contributed by atoms with van der Waals surface area (Å²) in [6.45, 7) is 9.92. The highest BCUT2D eigenvalue weighted by Crippen LogP contribution is 2.12. The SMILES string of the molecule is CCN1CCCCN(C(C)C)C1=S. The smallest absolute Gasteiger partial charge is 0.171 e. The molecular weight excluding hydrogens is 180 g/mol. The van der Waals surface area contributed by atoms with Crippen LogP contribution in [-0.2, 0) is 0 Å².